The van der Waals surface area contributed by atoms with Crippen LogP contribution in [0.15, 0.2) is 0 Å². The van der Waals surface area contributed by atoms with E-state index in [1.807, 2.05) is 0 Å². The molecule has 0 bridgehead atoms. The van der Waals surface area contributed by atoms with Crippen LogP contribution >= 0.6 is 0 Å². The second kappa shape index (κ2) is 5.45. The van der Waals surface area contributed by atoms with Crippen LogP contribution in [0.4, 0.5) is 0 Å². The minimum absolute atomic E-state index is 0.317. The first kappa shape index (κ1) is 12.3. The molecule has 0 aliphatic carbocycles. The van der Waals surface area contributed by atoms with Crippen molar-refractivity contribution in [1.82, 2.24) is 9.80 Å². The van der Waals surface area contributed by atoms with E-state index in [0.717, 1.165) is 19.0 Å². The highest BCUT2D eigenvalue weighted by atomic mass is 16.5. The van der Waals surface area contributed by atoms with E-state index >= 15 is 0 Å². The maximum atomic E-state index is 5.89. The Balaban J connectivity index is 1.71. The molecule has 0 radical (unpaired) electrons. The maximum Gasteiger partial charge on any atom is 0.0707 e. The lowest BCUT2D eigenvalue weighted by Crippen LogP contribution is -2.35. The van der Waals surface area contributed by atoms with Gasteiger partial charge in [-0.05, 0) is 39.9 Å². The minimum atomic E-state index is 0.317. The number of ether oxygens (including phenoxy) is 1. The third-order valence-electron chi connectivity index (χ3n) is 3.90. The molecule has 2 fully saturated rings. The molecule has 2 N–H and O–H groups in total. The number of hydrogen-bond acceptors (Lipinski definition) is 4. The highest BCUT2D eigenvalue weighted by Crippen LogP contribution is 2.22. The first-order valence-corrected chi connectivity index (χ1v) is 6.43. The average molecular weight is 227 g/mol. The lowest BCUT2D eigenvalue weighted by molar-refractivity contribution is 0.0305. The molecule has 0 spiro atoms. The Morgan fingerprint density at radius 3 is 2.56 bits per heavy atom. The summed E-state index contributed by atoms with van der Waals surface area (Å²) in [6.07, 6.45) is 4.36. The van der Waals surface area contributed by atoms with Crippen molar-refractivity contribution < 1.29 is 4.74 Å². The van der Waals surface area contributed by atoms with Gasteiger partial charge in [0.2, 0.25) is 0 Å². The van der Waals surface area contributed by atoms with Crippen LogP contribution in [0.2, 0.25) is 0 Å². The summed E-state index contributed by atoms with van der Waals surface area (Å²) in [5.74, 6) is 0. The average Bonchev–Trinajstić information content (AvgIpc) is 2.87. The molecule has 0 aromatic heterocycles. The number of likely N-dealkylation sites (N-methyl/N-ethyl adjacent to an activating group) is 1. The van der Waals surface area contributed by atoms with E-state index < -0.39 is 0 Å². The second-order valence-corrected chi connectivity index (χ2v) is 5.36. The van der Waals surface area contributed by atoms with Gasteiger partial charge in [-0.2, -0.15) is 0 Å². The minimum Gasteiger partial charge on any atom is -0.372 e. The standard InChI is InChI=1S/C12H25N3O/c1-14(2)10-5-6-15(8-10)9-12-4-3-11(7-13)16-12/h10-12H,3-9,13H2,1-2H3. The van der Waals surface area contributed by atoms with Gasteiger partial charge in [-0.3, -0.25) is 4.90 Å². The van der Waals surface area contributed by atoms with Crippen LogP contribution in [0, 0.1) is 0 Å². The molecule has 3 unspecified atom stereocenters. The predicted octanol–water partition coefficient (Wildman–Crippen LogP) is 0.129. The Hall–Kier alpha value is -0.160. The van der Waals surface area contributed by atoms with Gasteiger partial charge in [-0.1, -0.05) is 0 Å². The summed E-state index contributed by atoms with van der Waals surface area (Å²) >= 11 is 0. The Morgan fingerprint density at radius 2 is 2.00 bits per heavy atom. The van der Waals surface area contributed by atoms with Crippen molar-refractivity contribution in [2.75, 3.05) is 40.3 Å². The van der Waals surface area contributed by atoms with E-state index in [0.29, 0.717) is 18.8 Å². The molecule has 2 rings (SSSR count). The SMILES string of the molecule is CN(C)C1CCN(CC2CCC(CN)O2)C1. The molecular weight excluding hydrogens is 202 g/mol. The predicted molar refractivity (Wildman–Crippen MR) is 65.5 cm³/mol. The molecule has 0 aromatic rings. The third kappa shape index (κ3) is 2.94. The first-order chi connectivity index (χ1) is 7.69. The molecule has 0 amide bonds. The van der Waals surface area contributed by atoms with Gasteiger partial charge in [0.15, 0.2) is 0 Å². The molecule has 0 aromatic carbocycles. The van der Waals surface area contributed by atoms with Gasteiger partial charge in [0, 0.05) is 25.7 Å². The molecule has 94 valence electrons. The summed E-state index contributed by atoms with van der Waals surface area (Å²) in [6, 6.07) is 0.728. The number of nitrogens with zero attached hydrogens (tertiary/aromatic N) is 2. The largest absolute Gasteiger partial charge is 0.372 e. The van der Waals surface area contributed by atoms with Gasteiger partial charge in [0.25, 0.3) is 0 Å². The summed E-state index contributed by atoms with van der Waals surface area (Å²) in [4.78, 5) is 4.87. The Labute approximate surface area is 98.7 Å². The van der Waals surface area contributed by atoms with E-state index in [9.17, 15) is 0 Å². The van der Waals surface area contributed by atoms with Crippen molar-refractivity contribution in [3.05, 3.63) is 0 Å². The molecule has 2 heterocycles. The zero-order valence-electron chi connectivity index (χ0n) is 10.6. The summed E-state index contributed by atoms with van der Waals surface area (Å²) in [7, 11) is 4.34. The van der Waals surface area contributed by atoms with E-state index in [1.54, 1.807) is 0 Å². The molecule has 2 aliphatic rings. The zero-order chi connectivity index (χ0) is 11.5. The molecular formula is C12H25N3O. The molecule has 4 nitrogen and oxygen atoms in total. The molecule has 16 heavy (non-hydrogen) atoms. The summed E-state index contributed by atoms with van der Waals surface area (Å²) in [5, 5.41) is 0. The number of nitrogens with two attached hydrogens (primary N) is 1. The van der Waals surface area contributed by atoms with Crippen molar-refractivity contribution in [2.45, 2.75) is 37.5 Å². The highest BCUT2D eigenvalue weighted by molar-refractivity contribution is 4.84. The number of hydrogen-bond donors (Lipinski definition) is 1. The van der Waals surface area contributed by atoms with Crippen LogP contribution in [0.25, 0.3) is 0 Å². The van der Waals surface area contributed by atoms with Crippen LogP contribution in [0.1, 0.15) is 19.3 Å². The van der Waals surface area contributed by atoms with E-state index in [-0.39, 0.29) is 0 Å². The Morgan fingerprint density at radius 1 is 1.25 bits per heavy atom. The normalized spacial score (nSPS) is 36.4. The lowest BCUT2D eigenvalue weighted by atomic mass is 10.2. The fourth-order valence-electron chi connectivity index (χ4n) is 2.78. The van der Waals surface area contributed by atoms with E-state index in [4.69, 9.17) is 10.5 Å². The third-order valence-corrected chi connectivity index (χ3v) is 3.90. The molecule has 2 saturated heterocycles. The van der Waals surface area contributed by atoms with Gasteiger partial charge in [0.05, 0.1) is 12.2 Å². The van der Waals surface area contributed by atoms with Crippen molar-refractivity contribution in [1.29, 1.82) is 0 Å². The van der Waals surface area contributed by atoms with E-state index in [2.05, 4.69) is 23.9 Å². The first-order valence-electron chi connectivity index (χ1n) is 6.43. The van der Waals surface area contributed by atoms with Gasteiger partial charge < -0.3 is 15.4 Å². The second-order valence-electron chi connectivity index (χ2n) is 5.36. The Kier molecular flexibility index (Phi) is 4.19. The summed E-state index contributed by atoms with van der Waals surface area (Å²) in [5.41, 5.74) is 5.62. The lowest BCUT2D eigenvalue weighted by Gasteiger charge is -2.22. The van der Waals surface area contributed by atoms with Gasteiger partial charge in [-0.25, -0.2) is 0 Å². The maximum absolute atomic E-state index is 5.89. The van der Waals surface area contributed by atoms with Crippen molar-refractivity contribution in [3.63, 3.8) is 0 Å². The van der Waals surface area contributed by atoms with Crippen molar-refractivity contribution in [3.8, 4) is 0 Å². The van der Waals surface area contributed by atoms with E-state index in [1.165, 1.54) is 25.9 Å². The van der Waals surface area contributed by atoms with Crippen LogP contribution in [-0.4, -0.2) is 68.3 Å². The fourth-order valence-corrected chi connectivity index (χ4v) is 2.78. The monoisotopic (exact) mass is 227 g/mol. The molecule has 0 saturated carbocycles. The van der Waals surface area contributed by atoms with Crippen LogP contribution in [0.3, 0.4) is 0 Å². The highest BCUT2D eigenvalue weighted by Gasteiger charge is 2.29. The van der Waals surface area contributed by atoms with Crippen LogP contribution in [-0.2, 0) is 4.74 Å². The quantitative estimate of drug-likeness (QED) is 0.741. The molecule has 3 atom stereocenters. The van der Waals surface area contributed by atoms with Crippen LogP contribution < -0.4 is 5.73 Å². The number of likely N-dealkylation sites (tertiary alicyclic amines) is 1. The van der Waals surface area contributed by atoms with Gasteiger partial charge in [-0.15, -0.1) is 0 Å². The Bertz CT molecular complexity index is 222. The van der Waals surface area contributed by atoms with Crippen molar-refractivity contribution in [2.24, 2.45) is 5.73 Å². The smallest absolute Gasteiger partial charge is 0.0707 e. The van der Waals surface area contributed by atoms with Gasteiger partial charge >= 0.3 is 0 Å². The number of rotatable bonds is 4. The fraction of sp³-hybridized carbons (Fsp3) is 1.00. The topological polar surface area (TPSA) is 41.7 Å². The van der Waals surface area contributed by atoms with Crippen LogP contribution in [0.5, 0.6) is 0 Å². The van der Waals surface area contributed by atoms with Gasteiger partial charge in [0.1, 0.15) is 0 Å². The summed E-state index contributed by atoms with van der Waals surface area (Å²) < 4.78 is 5.89. The zero-order valence-corrected chi connectivity index (χ0v) is 10.6. The molecule has 2 aliphatic heterocycles. The van der Waals surface area contributed by atoms with Crippen molar-refractivity contribution >= 4 is 0 Å². The molecule has 4 heteroatoms. The summed E-state index contributed by atoms with van der Waals surface area (Å²) in [6.45, 7) is 4.19.